The Balaban J connectivity index is 0.832. The summed E-state index contributed by atoms with van der Waals surface area (Å²) in [6.07, 6.45) is 0. The molecule has 82 heavy (non-hydrogen) atoms. The molecule has 378 valence electrons. The molecular weight excluding hydrogens is 995 g/mol. The van der Waals surface area contributed by atoms with Crippen LogP contribution in [0, 0.1) is 0 Å². The van der Waals surface area contributed by atoms with Gasteiger partial charge in [-0.1, -0.05) is 212 Å². The first-order valence-corrected chi connectivity index (χ1v) is 28.1. The van der Waals surface area contributed by atoms with Crippen molar-refractivity contribution in [1.82, 2.24) is 24.1 Å². The minimum atomic E-state index is 0.557. The first-order valence-electron chi connectivity index (χ1n) is 28.1. The lowest BCUT2D eigenvalue weighted by atomic mass is 9.93. The van der Waals surface area contributed by atoms with E-state index in [1.807, 2.05) is 0 Å². The maximum absolute atomic E-state index is 5.52. The molecule has 18 aromatic rings. The van der Waals surface area contributed by atoms with E-state index in [0.29, 0.717) is 17.6 Å². The zero-order valence-electron chi connectivity index (χ0n) is 44.2. The Labute approximate surface area is 469 Å². The standard InChI is InChI=1S/C77H45N5/c1-2-16-53-46(15-1)29-30-47-31-36-52(45-66(47)53)81-71-27-13-11-25-64(71)69-41-48(34-39-73(69)81)49-35-40-74-70(42-49)65-26-12-14-28-72(65)82(74)77-79-75(50-32-37-62-58-21-5-3-17-54(58)56-19-7-9-23-60(56)67(62)43-50)78-76(80-77)51-33-38-63-59-22-6-4-18-55(59)57-20-8-10-24-61(57)68(63)44-51/h1-45H. The Morgan fingerprint density at radius 1 is 0.195 bits per heavy atom. The largest absolute Gasteiger partial charge is 0.309 e. The average Bonchev–Trinajstić information content (AvgIpc) is 3.46. The highest BCUT2D eigenvalue weighted by Crippen LogP contribution is 2.42. The Bertz CT molecular complexity index is 5540. The molecule has 0 bridgehead atoms. The van der Waals surface area contributed by atoms with Crippen LogP contribution in [0.2, 0.25) is 0 Å². The van der Waals surface area contributed by atoms with E-state index in [1.165, 1.54) is 97.2 Å². The van der Waals surface area contributed by atoms with Crippen LogP contribution in [-0.2, 0) is 0 Å². The predicted molar refractivity (Wildman–Crippen MR) is 345 cm³/mol. The number of nitrogens with zero attached hydrogens (tertiary/aromatic N) is 5. The summed E-state index contributed by atoms with van der Waals surface area (Å²) in [5, 5.41) is 24.2. The Hall–Kier alpha value is -11.0. The molecule has 0 radical (unpaired) electrons. The van der Waals surface area contributed by atoms with E-state index in [-0.39, 0.29) is 0 Å². The third-order valence-electron chi connectivity index (χ3n) is 17.5. The van der Waals surface area contributed by atoms with Gasteiger partial charge in [0.2, 0.25) is 5.95 Å². The van der Waals surface area contributed by atoms with Crippen LogP contribution in [0.1, 0.15) is 0 Å². The summed E-state index contributed by atoms with van der Waals surface area (Å²) in [4.78, 5) is 16.5. The van der Waals surface area contributed by atoms with Crippen LogP contribution in [0.3, 0.4) is 0 Å². The number of benzene rings is 15. The smallest absolute Gasteiger partial charge is 0.238 e. The summed E-state index contributed by atoms with van der Waals surface area (Å²) in [5.74, 6) is 1.77. The van der Waals surface area contributed by atoms with Crippen molar-refractivity contribution >= 4 is 130 Å². The van der Waals surface area contributed by atoms with Crippen molar-refractivity contribution in [1.29, 1.82) is 0 Å². The van der Waals surface area contributed by atoms with Gasteiger partial charge in [0, 0.05) is 38.4 Å². The van der Waals surface area contributed by atoms with Gasteiger partial charge in [-0.2, -0.15) is 9.97 Å². The molecule has 15 aromatic carbocycles. The fourth-order valence-electron chi connectivity index (χ4n) is 13.7. The molecule has 3 aromatic heterocycles. The summed E-state index contributed by atoms with van der Waals surface area (Å²) in [5.41, 5.74) is 9.66. The van der Waals surface area contributed by atoms with E-state index < -0.39 is 0 Å². The van der Waals surface area contributed by atoms with Gasteiger partial charge in [-0.3, -0.25) is 4.57 Å². The van der Waals surface area contributed by atoms with Crippen molar-refractivity contribution in [3.8, 4) is 45.5 Å². The van der Waals surface area contributed by atoms with Crippen LogP contribution < -0.4 is 0 Å². The number of hydrogen-bond acceptors (Lipinski definition) is 3. The van der Waals surface area contributed by atoms with Gasteiger partial charge in [0.1, 0.15) is 0 Å². The minimum absolute atomic E-state index is 0.557. The number of rotatable bonds is 5. The Morgan fingerprint density at radius 3 is 1.04 bits per heavy atom. The van der Waals surface area contributed by atoms with Gasteiger partial charge in [0.15, 0.2) is 11.6 Å². The lowest BCUT2D eigenvalue weighted by Crippen LogP contribution is -2.06. The highest BCUT2D eigenvalue weighted by molar-refractivity contribution is 6.27. The fraction of sp³-hybridized carbons (Fsp3) is 0. The van der Waals surface area contributed by atoms with Crippen molar-refractivity contribution < 1.29 is 0 Å². The summed E-state index contributed by atoms with van der Waals surface area (Å²) in [6, 6.07) is 99.6. The van der Waals surface area contributed by atoms with Gasteiger partial charge < -0.3 is 4.57 Å². The summed E-state index contributed by atoms with van der Waals surface area (Å²) in [7, 11) is 0. The van der Waals surface area contributed by atoms with Gasteiger partial charge in [-0.05, 0) is 158 Å². The lowest BCUT2D eigenvalue weighted by molar-refractivity contribution is 0.954. The van der Waals surface area contributed by atoms with Crippen LogP contribution in [0.4, 0.5) is 0 Å². The second kappa shape index (κ2) is 17.2. The van der Waals surface area contributed by atoms with Crippen LogP contribution in [0.15, 0.2) is 273 Å². The molecule has 0 saturated carbocycles. The monoisotopic (exact) mass is 1040 g/mol. The van der Waals surface area contributed by atoms with E-state index in [0.717, 1.165) is 60.5 Å². The zero-order chi connectivity index (χ0) is 53.6. The first-order chi connectivity index (χ1) is 40.6. The highest BCUT2D eigenvalue weighted by Gasteiger charge is 2.22. The number of para-hydroxylation sites is 2. The zero-order valence-corrected chi connectivity index (χ0v) is 44.2. The van der Waals surface area contributed by atoms with E-state index in [9.17, 15) is 0 Å². The number of fused-ring (bicyclic) bond motifs is 21. The van der Waals surface area contributed by atoms with Crippen molar-refractivity contribution in [2.75, 3.05) is 0 Å². The molecule has 0 atom stereocenters. The van der Waals surface area contributed by atoms with E-state index in [4.69, 9.17) is 15.0 Å². The van der Waals surface area contributed by atoms with Crippen molar-refractivity contribution in [2.24, 2.45) is 0 Å². The maximum Gasteiger partial charge on any atom is 0.238 e. The molecule has 0 aliphatic rings. The minimum Gasteiger partial charge on any atom is -0.309 e. The molecule has 0 aliphatic carbocycles. The quantitative estimate of drug-likeness (QED) is 0.161. The molecule has 0 amide bonds. The Kier molecular flexibility index (Phi) is 9.45. The molecule has 3 heterocycles. The summed E-state index contributed by atoms with van der Waals surface area (Å²) >= 11 is 0. The van der Waals surface area contributed by atoms with Gasteiger partial charge >= 0.3 is 0 Å². The predicted octanol–water partition coefficient (Wildman–Crippen LogP) is 20.3. The van der Waals surface area contributed by atoms with Crippen LogP contribution >= 0.6 is 0 Å². The molecule has 0 spiro atoms. The SMILES string of the molecule is c1ccc2c(c1)ccc1ccc(-n3c4ccccc4c4cc(-c5ccc6c(c5)c5ccccc5n6-c5nc(-c6ccc7c8ccccc8c8ccccc8c7c6)nc(-c6ccc7c8ccccc8c8ccccc8c7c6)n5)ccc43)cc12. The van der Waals surface area contributed by atoms with Crippen molar-refractivity contribution in [2.45, 2.75) is 0 Å². The van der Waals surface area contributed by atoms with Gasteiger partial charge in [-0.25, -0.2) is 4.98 Å². The molecule has 18 rings (SSSR count). The number of aromatic nitrogens is 5. The fourth-order valence-corrected chi connectivity index (χ4v) is 13.7. The molecule has 5 nitrogen and oxygen atoms in total. The molecule has 0 unspecified atom stereocenters. The van der Waals surface area contributed by atoms with Gasteiger partial charge in [0.25, 0.3) is 0 Å². The third kappa shape index (κ3) is 6.59. The van der Waals surface area contributed by atoms with E-state index in [2.05, 4.69) is 282 Å². The second-order valence-corrected chi connectivity index (χ2v) is 21.8. The van der Waals surface area contributed by atoms with Crippen molar-refractivity contribution in [3.63, 3.8) is 0 Å². The molecule has 0 fully saturated rings. The van der Waals surface area contributed by atoms with Crippen LogP contribution in [0.5, 0.6) is 0 Å². The number of hydrogen-bond donors (Lipinski definition) is 0. The topological polar surface area (TPSA) is 48.5 Å². The normalized spacial score (nSPS) is 12.1. The second-order valence-electron chi connectivity index (χ2n) is 21.8. The molecule has 0 N–H and O–H groups in total. The van der Waals surface area contributed by atoms with Crippen LogP contribution in [-0.4, -0.2) is 24.1 Å². The van der Waals surface area contributed by atoms with E-state index >= 15 is 0 Å². The molecular formula is C77H45N5. The third-order valence-corrected chi connectivity index (χ3v) is 17.5. The first kappa shape index (κ1) is 44.9. The van der Waals surface area contributed by atoms with E-state index in [1.54, 1.807) is 0 Å². The molecule has 0 aliphatic heterocycles. The summed E-state index contributed by atoms with van der Waals surface area (Å²) < 4.78 is 4.66. The van der Waals surface area contributed by atoms with Crippen molar-refractivity contribution in [3.05, 3.63) is 273 Å². The molecule has 5 heteroatoms. The maximum atomic E-state index is 5.52. The van der Waals surface area contributed by atoms with Crippen LogP contribution in [0.25, 0.3) is 175 Å². The Morgan fingerprint density at radius 2 is 0.537 bits per heavy atom. The highest BCUT2D eigenvalue weighted by atomic mass is 15.2. The summed E-state index contributed by atoms with van der Waals surface area (Å²) in [6.45, 7) is 0. The average molecular weight is 1040 g/mol. The van der Waals surface area contributed by atoms with Gasteiger partial charge in [-0.15, -0.1) is 0 Å². The molecule has 0 saturated heterocycles. The van der Waals surface area contributed by atoms with Gasteiger partial charge in [0.05, 0.1) is 22.1 Å². The lowest BCUT2D eigenvalue weighted by Gasteiger charge is -2.14.